The summed E-state index contributed by atoms with van der Waals surface area (Å²) in [6.07, 6.45) is 1.58. The van der Waals surface area contributed by atoms with Crippen LogP contribution in [0.2, 0.25) is 0 Å². The monoisotopic (exact) mass is 348 g/mol. The molecule has 110 valence electrons. The van der Waals surface area contributed by atoms with Crippen molar-refractivity contribution in [3.05, 3.63) is 51.8 Å². The summed E-state index contributed by atoms with van der Waals surface area (Å²) < 4.78 is 0.915. The van der Waals surface area contributed by atoms with Crippen LogP contribution >= 0.6 is 15.9 Å². The number of amides is 1. The first-order chi connectivity index (χ1) is 9.88. The van der Waals surface area contributed by atoms with E-state index in [2.05, 4.69) is 36.7 Å². The van der Waals surface area contributed by atoms with Gasteiger partial charge in [-0.05, 0) is 12.1 Å². The molecule has 0 spiro atoms. The van der Waals surface area contributed by atoms with E-state index in [0.29, 0.717) is 5.69 Å². The molecule has 0 aliphatic heterocycles. The van der Waals surface area contributed by atoms with Gasteiger partial charge in [-0.1, -0.05) is 54.9 Å². The number of halogens is 1. The van der Waals surface area contributed by atoms with Crippen molar-refractivity contribution >= 4 is 28.1 Å². The molecule has 2 rings (SSSR count). The van der Waals surface area contributed by atoms with E-state index in [0.717, 1.165) is 15.7 Å². The molecule has 6 heteroatoms. The molecule has 0 saturated heterocycles. The number of nitrogens with zero attached hydrogens (tertiary/aromatic N) is 2. The molecule has 2 aromatic rings. The van der Waals surface area contributed by atoms with Crippen LogP contribution < -0.4 is 5.43 Å². The van der Waals surface area contributed by atoms with Crippen molar-refractivity contribution in [3.63, 3.8) is 0 Å². The van der Waals surface area contributed by atoms with Gasteiger partial charge in [-0.3, -0.25) is 9.89 Å². The molecule has 0 aliphatic carbocycles. The molecule has 2 N–H and O–H groups in total. The van der Waals surface area contributed by atoms with Crippen LogP contribution in [0.5, 0.6) is 0 Å². The van der Waals surface area contributed by atoms with E-state index < -0.39 is 0 Å². The average Bonchev–Trinajstić information content (AvgIpc) is 2.90. The highest BCUT2D eigenvalue weighted by molar-refractivity contribution is 9.10. The van der Waals surface area contributed by atoms with Gasteiger partial charge in [0.15, 0.2) is 5.69 Å². The Morgan fingerprint density at radius 2 is 2.10 bits per heavy atom. The van der Waals surface area contributed by atoms with Gasteiger partial charge in [0.2, 0.25) is 0 Å². The molecule has 0 aliphatic rings. The van der Waals surface area contributed by atoms with Crippen LogP contribution in [0.25, 0.3) is 0 Å². The molecule has 5 nitrogen and oxygen atoms in total. The highest BCUT2D eigenvalue weighted by Crippen LogP contribution is 2.20. The molecule has 1 amide bonds. The summed E-state index contributed by atoms with van der Waals surface area (Å²) in [7, 11) is 0. The molecule has 21 heavy (non-hydrogen) atoms. The van der Waals surface area contributed by atoms with Crippen molar-refractivity contribution in [2.45, 2.75) is 26.2 Å². The maximum Gasteiger partial charge on any atom is 0.291 e. The minimum absolute atomic E-state index is 0.0797. The molecule has 0 saturated carbocycles. The fourth-order valence-corrected chi connectivity index (χ4v) is 2.01. The summed E-state index contributed by atoms with van der Waals surface area (Å²) in [5, 5.41) is 10.8. The number of aromatic nitrogens is 2. The number of hydrogen-bond acceptors (Lipinski definition) is 3. The van der Waals surface area contributed by atoms with Crippen molar-refractivity contribution in [3.8, 4) is 0 Å². The first kappa shape index (κ1) is 15.4. The summed E-state index contributed by atoms with van der Waals surface area (Å²) >= 11 is 3.41. The first-order valence-electron chi connectivity index (χ1n) is 6.52. The Kier molecular flexibility index (Phi) is 4.57. The zero-order valence-electron chi connectivity index (χ0n) is 12.1. The van der Waals surface area contributed by atoms with Gasteiger partial charge in [-0.15, -0.1) is 0 Å². The van der Waals surface area contributed by atoms with Gasteiger partial charge in [0.25, 0.3) is 5.91 Å². The summed E-state index contributed by atoms with van der Waals surface area (Å²) in [5.41, 5.74) is 4.50. The number of aromatic amines is 1. The van der Waals surface area contributed by atoms with Crippen molar-refractivity contribution in [2.24, 2.45) is 5.10 Å². The fourth-order valence-electron chi connectivity index (χ4n) is 1.62. The Labute approximate surface area is 132 Å². The third-order valence-electron chi connectivity index (χ3n) is 2.89. The predicted molar refractivity (Wildman–Crippen MR) is 86.5 cm³/mol. The number of rotatable bonds is 3. The lowest BCUT2D eigenvalue weighted by molar-refractivity contribution is 0.0950. The summed E-state index contributed by atoms with van der Waals surface area (Å²) in [4.78, 5) is 11.9. The lowest BCUT2D eigenvalue weighted by Gasteiger charge is -2.14. The smallest absolute Gasteiger partial charge is 0.281 e. The Morgan fingerprint density at radius 1 is 1.38 bits per heavy atom. The maximum atomic E-state index is 11.9. The summed E-state index contributed by atoms with van der Waals surface area (Å²) in [6, 6.07) is 9.36. The second-order valence-corrected chi connectivity index (χ2v) is 6.49. The van der Waals surface area contributed by atoms with E-state index in [9.17, 15) is 4.79 Å². The van der Waals surface area contributed by atoms with Crippen LogP contribution in [0.15, 0.2) is 39.9 Å². The quantitative estimate of drug-likeness (QED) is 0.660. The van der Waals surface area contributed by atoms with Crippen LogP contribution in [0.1, 0.15) is 42.5 Å². The zero-order valence-corrected chi connectivity index (χ0v) is 13.7. The third kappa shape index (κ3) is 4.01. The van der Waals surface area contributed by atoms with Gasteiger partial charge >= 0.3 is 0 Å². The molecular formula is C15H17BrN4O. The molecule has 1 heterocycles. The maximum absolute atomic E-state index is 11.9. The van der Waals surface area contributed by atoms with Gasteiger partial charge in [-0.2, -0.15) is 10.2 Å². The minimum Gasteiger partial charge on any atom is -0.281 e. The van der Waals surface area contributed by atoms with Gasteiger partial charge in [0, 0.05) is 21.1 Å². The predicted octanol–water partition coefficient (Wildman–Crippen LogP) is 3.23. The normalized spacial score (nSPS) is 11.8. The van der Waals surface area contributed by atoms with Gasteiger partial charge in [0.1, 0.15) is 0 Å². The van der Waals surface area contributed by atoms with Crippen LogP contribution in [-0.2, 0) is 5.41 Å². The number of benzene rings is 1. The lowest BCUT2D eigenvalue weighted by atomic mass is 9.92. The zero-order chi connectivity index (χ0) is 15.5. The highest BCUT2D eigenvalue weighted by atomic mass is 79.9. The van der Waals surface area contributed by atoms with Crippen molar-refractivity contribution in [2.75, 3.05) is 0 Å². The van der Waals surface area contributed by atoms with Crippen molar-refractivity contribution in [1.29, 1.82) is 0 Å². The Balaban J connectivity index is 2.02. The number of hydrogen-bond donors (Lipinski definition) is 2. The van der Waals surface area contributed by atoms with E-state index in [1.54, 1.807) is 12.3 Å². The van der Waals surface area contributed by atoms with Crippen molar-refractivity contribution in [1.82, 2.24) is 15.6 Å². The molecule has 0 unspecified atom stereocenters. The van der Waals surface area contributed by atoms with Gasteiger partial charge in [-0.25, -0.2) is 5.43 Å². The number of nitrogens with one attached hydrogen (secondary N) is 2. The van der Waals surface area contributed by atoms with Crippen molar-refractivity contribution < 1.29 is 4.79 Å². The third-order valence-corrected chi connectivity index (χ3v) is 3.62. The van der Waals surface area contributed by atoms with E-state index in [4.69, 9.17) is 0 Å². The highest BCUT2D eigenvalue weighted by Gasteiger charge is 2.19. The van der Waals surface area contributed by atoms with E-state index >= 15 is 0 Å². The number of H-pyrrole nitrogens is 1. The van der Waals surface area contributed by atoms with Crippen LogP contribution in [-0.4, -0.2) is 22.3 Å². The molecule has 0 bridgehead atoms. The average molecular weight is 349 g/mol. The Hall–Kier alpha value is -1.95. The number of carbonyl (C=O) groups excluding carboxylic acids is 1. The molecule has 0 radical (unpaired) electrons. The van der Waals surface area contributed by atoms with Gasteiger partial charge < -0.3 is 0 Å². The standard InChI is InChI=1S/C15H17BrN4O/c1-15(2,3)13-8-12(18-19-13)14(21)20-17-9-10-6-4-5-7-11(10)16/h4-9H,1-3H3,(H,18,19)(H,20,21). The topological polar surface area (TPSA) is 70.1 Å². The van der Waals surface area contributed by atoms with Gasteiger partial charge in [0.05, 0.1) is 6.21 Å². The van der Waals surface area contributed by atoms with E-state index in [-0.39, 0.29) is 11.3 Å². The molecule has 0 fully saturated rings. The second kappa shape index (κ2) is 6.22. The van der Waals surface area contributed by atoms with Crippen LogP contribution in [0.3, 0.4) is 0 Å². The number of hydrazone groups is 1. The molecule has 0 atom stereocenters. The summed E-state index contributed by atoms with van der Waals surface area (Å²) in [6.45, 7) is 6.15. The number of carbonyl (C=O) groups is 1. The Morgan fingerprint density at radius 3 is 2.71 bits per heavy atom. The Bertz CT molecular complexity index is 670. The van der Waals surface area contributed by atoms with E-state index in [1.165, 1.54) is 0 Å². The second-order valence-electron chi connectivity index (χ2n) is 5.64. The van der Waals surface area contributed by atoms with Crippen LogP contribution in [0.4, 0.5) is 0 Å². The molecular weight excluding hydrogens is 332 g/mol. The molecule has 1 aromatic carbocycles. The fraction of sp³-hybridized carbons (Fsp3) is 0.267. The first-order valence-corrected chi connectivity index (χ1v) is 7.31. The largest absolute Gasteiger partial charge is 0.291 e. The minimum atomic E-state index is -0.343. The molecule has 1 aromatic heterocycles. The SMILES string of the molecule is CC(C)(C)c1cc(C(=O)NN=Cc2ccccc2Br)n[nH]1. The summed E-state index contributed by atoms with van der Waals surface area (Å²) in [5.74, 6) is -0.343. The van der Waals surface area contributed by atoms with E-state index in [1.807, 2.05) is 45.0 Å². The lowest BCUT2D eigenvalue weighted by Crippen LogP contribution is -2.18. The van der Waals surface area contributed by atoms with Crippen LogP contribution in [0, 0.1) is 0 Å².